The monoisotopic (exact) mass is 257 g/mol. The van der Waals surface area contributed by atoms with E-state index in [4.69, 9.17) is 11.6 Å². The fourth-order valence-corrected chi connectivity index (χ4v) is 2.57. The Bertz CT molecular complexity index is 386. The Morgan fingerprint density at radius 2 is 2.18 bits per heavy atom. The van der Waals surface area contributed by atoms with Gasteiger partial charge in [0, 0.05) is 11.9 Å². The molecule has 1 N–H and O–H groups in total. The number of hydrogen-bond acceptors (Lipinski definition) is 3. The average molecular weight is 258 g/mol. The van der Waals surface area contributed by atoms with Gasteiger partial charge in [0.1, 0.15) is 6.33 Å². The lowest BCUT2D eigenvalue weighted by molar-refractivity contribution is 0.380. The van der Waals surface area contributed by atoms with Crippen molar-refractivity contribution in [3.8, 4) is 0 Å². The molecule has 1 heterocycles. The molecule has 1 aromatic heterocycles. The van der Waals surface area contributed by atoms with Gasteiger partial charge in [0.05, 0.1) is 5.69 Å². The van der Waals surface area contributed by atoms with E-state index in [0.29, 0.717) is 18.2 Å². The van der Waals surface area contributed by atoms with Crippen LogP contribution in [0.4, 0.5) is 10.2 Å². The first-order valence-corrected chi connectivity index (χ1v) is 6.47. The molecule has 1 aliphatic rings. The summed E-state index contributed by atoms with van der Waals surface area (Å²) >= 11 is 6.25. The Morgan fingerprint density at radius 3 is 2.94 bits per heavy atom. The molecule has 0 amide bonds. The van der Waals surface area contributed by atoms with Crippen LogP contribution in [0.5, 0.6) is 0 Å². The van der Waals surface area contributed by atoms with Crippen LogP contribution in [0.25, 0.3) is 0 Å². The molecule has 2 rings (SSSR count). The summed E-state index contributed by atoms with van der Waals surface area (Å²) in [6, 6.07) is 0. The molecule has 0 spiro atoms. The zero-order valence-corrected chi connectivity index (χ0v) is 10.7. The SMILES string of the molecule is Cc1ncnc(NCC2CCCCC2Cl)c1F. The lowest BCUT2D eigenvalue weighted by Crippen LogP contribution is -2.27. The van der Waals surface area contributed by atoms with Gasteiger partial charge in [-0.15, -0.1) is 11.6 Å². The molecule has 0 saturated heterocycles. The van der Waals surface area contributed by atoms with Crippen LogP contribution in [0.3, 0.4) is 0 Å². The Morgan fingerprint density at radius 1 is 1.41 bits per heavy atom. The summed E-state index contributed by atoms with van der Waals surface area (Å²) in [5, 5.41) is 3.24. The summed E-state index contributed by atoms with van der Waals surface area (Å²) in [4.78, 5) is 7.71. The van der Waals surface area contributed by atoms with Crippen LogP contribution in [-0.2, 0) is 0 Å². The highest BCUT2D eigenvalue weighted by Gasteiger charge is 2.23. The van der Waals surface area contributed by atoms with E-state index in [-0.39, 0.29) is 17.0 Å². The normalized spacial score (nSPS) is 24.6. The number of alkyl halides is 1. The molecule has 0 aliphatic heterocycles. The van der Waals surface area contributed by atoms with E-state index >= 15 is 0 Å². The van der Waals surface area contributed by atoms with Crippen molar-refractivity contribution in [3.63, 3.8) is 0 Å². The van der Waals surface area contributed by atoms with Gasteiger partial charge >= 0.3 is 0 Å². The number of nitrogens with zero attached hydrogens (tertiary/aromatic N) is 2. The van der Waals surface area contributed by atoms with Gasteiger partial charge in [-0.25, -0.2) is 14.4 Å². The van der Waals surface area contributed by atoms with Gasteiger partial charge < -0.3 is 5.32 Å². The largest absolute Gasteiger partial charge is 0.367 e. The second kappa shape index (κ2) is 5.63. The minimum absolute atomic E-state index is 0.197. The Labute approximate surface area is 106 Å². The molecule has 2 atom stereocenters. The summed E-state index contributed by atoms with van der Waals surface area (Å²) in [5.41, 5.74) is 0.369. The second-order valence-corrected chi connectivity index (χ2v) is 5.12. The molecule has 94 valence electrons. The molecule has 3 nitrogen and oxygen atoms in total. The molecule has 0 radical (unpaired) electrons. The number of hydrogen-bond donors (Lipinski definition) is 1. The maximum atomic E-state index is 13.6. The zero-order valence-electron chi connectivity index (χ0n) is 9.92. The molecule has 1 fully saturated rings. The molecular weight excluding hydrogens is 241 g/mol. The van der Waals surface area contributed by atoms with E-state index in [2.05, 4.69) is 15.3 Å². The number of nitrogens with one attached hydrogen (secondary N) is 1. The van der Waals surface area contributed by atoms with Gasteiger partial charge in [0.2, 0.25) is 0 Å². The van der Waals surface area contributed by atoms with E-state index < -0.39 is 0 Å². The third kappa shape index (κ3) is 3.06. The molecule has 1 saturated carbocycles. The minimum atomic E-state index is -0.366. The van der Waals surface area contributed by atoms with Crippen LogP contribution < -0.4 is 5.32 Å². The summed E-state index contributed by atoms with van der Waals surface area (Å²) < 4.78 is 13.6. The van der Waals surface area contributed by atoms with Crippen molar-refractivity contribution < 1.29 is 4.39 Å². The van der Waals surface area contributed by atoms with E-state index in [9.17, 15) is 4.39 Å². The number of rotatable bonds is 3. The number of aryl methyl sites for hydroxylation is 1. The molecule has 0 aromatic carbocycles. The smallest absolute Gasteiger partial charge is 0.186 e. The standard InChI is InChI=1S/C12H17ClFN3/c1-8-11(14)12(17-7-16-8)15-6-9-4-2-3-5-10(9)13/h7,9-10H,2-6H2,1H3,(H,15,16,17). The van der Waals surface area contributed by atoms with Gasteiger partial charge in [-0.2, -0.15) is 0 Å². The molecule has 17 heavy (non-hydrogen) atoms. The Hall–Kier alpha value is -0.900. The Balaban J connectivity index is 1.95. The highest BCUT2D eigenvalue weighted by Crippen LogP contribution is 2.28. The van der Waals surface area contributed by atoms with Crippen molar-refractivity contribution in [2.75, 3.05) is 11.9 Å². The highest BCUT2D eigenvalue weighted by atomic mass is 35.5. The zero-order chi connectivity index (χ0) is 12.3. The van der Waals surface area contributed by atoms with Crippen molar-refractivity contribution >= 4 is 17.4 Å². The van der Waals surface area contributed by atoms with Crippen molar-refractivity contribution in [2.45, 2.75) is 38.0 Å². The quantitative estimate of drug-likeness (QED) is 0.846. The van der Waals surface area contributed by atoms with Crippen LogP contribution in [0.1, 0.15) is 31.4 Å². The lowest BCUT2D eigenvalue weighted by Gasteiger charge is -2.27. The van der Waals surface area contributed by atoms with Crippen molar-refractivity contribution in [3.05, 3.63) is 17.8 Å². The first kappa shape index (κ1) is 12.6. The van der Waals surface area contributed by atoms with Crippen LogP contribution in [0, 0.1) is 18.7 Å². The predicted octanol–water partition coefficient (Wildman–Crippen LogP) is 3.13. The summed E-state index contributed by atoms with van der Waals surface area (Å²) in [6.07, 6.45) is 5.94. The third-order valence-corrected chi connectivity index (χ3v) is 3.89. The van der Waals surface area contributed by atoms with E-state index in [1.165, 1.54) is 19.2 Å². The number of anilines is 1. The summed E-state index contributed by atoms with van der Waals surface area (Å²) in [7, 11) is 0. The van der Waals surface area contributed by atoms with Crippen LogP contribution >= 0.6 is 11.6 Å². The maximum Gasteiger partial charge on any atom is 0.186 e. The topological polar surface area (TPSA) is 37.8 Å². The van der Waals surface area contributed by atoms with E-state index in [1.807, 2.05) is 0 Å². The van der Waals surface area contributed by atoms with E-state index in [0.717, 1.165) is 12.8 Å². The summed E-state index contributed by atoms with van der Waals surface area (Å²) in [6.45, 7) is 2.31. The maximum absolute atomic E-state index is 13.6. The first-order valence-electron chi connectivity index (χ1n) is 6.03. The van der Waals surface area contributed by atoms with Crippen LogP contribution in [0.2, 0.25) is 0 Å². The van der Waals surface area contributed by atoms with Gasteiger partial charge in [-0.1, -0.05) is 12.8 Å². The molecule has 0 bridgehead atoms. The van der Waals surface area contributed by atoms with Gasteiger partial charge in [-0.05, 0) is 25.7 Å². The number of aromatic nitrogens is 2. The Kier molecular flexibility index (Phi) is 4.15. The molecule has 1 aliphatic carbocycles. The first-order chi connectivity index (χ1) is 8.18. The van der Waals surface area contributed by atoms with Crippen molar-refractivity contribution in [1.29, 1.82) is 0 Å². The highest BCUT2D eigenvalue weighted by molar-refractivity contribution is 6.20. The van der Waals surface area contributed by atoms with Crippen LogP contribution in [-0.4, -0.2) is 21.9 Å². The predicted molar refractivity (Wildman–Crippen MR) is 66.8 cm³/mol. The van der Waals surface area contributed by atoms with Gasteiger partial charge in [0.25, 0.3) is 0 Å². The molecule has 1 aromatic rings. The fraction of sp³-hybridized carbons (Fsp3) is 0.667. The second-order valence-electron chi connectivity index (χ2n) is 4.56. The number of halogens is 2. The third-order valence-electron chi connectivity index (χ3n) is 3.31. The fourth-order valence-electron chi connectivity index (χ4n) is 2.20. The molecule has 5 heteroatoms. The minimum Gasteiger partial charge on any atom is -0.367 e. The molecule has 2 unspecified atom stereocenters. The summed E-state index contributed by atoms with van der Waals surface area (Å²) in [5.74, 6) is 0.321. The lowest BCUT2D eigenvalue weighted by atomic mass is 9.89. The van der Waals surface area contributed by atoms with Gasteiger partial charge in [-0.3, -0.25) is 0 Å². The molecular formula is C12H17ClFN3. The van der Waals surface area contributed by atoms with Crippen LogP contribution in [0.15, 0.2) is 6.33 Å². The average Bonchev–Trinajstić information content (AvgIpc) is 2.33. The van der Waals surface area contributed by atoms with E-state index in [1.54, 1.807) is 6.92 Å². The van der Waals surface area contributed by atoms with Gasteiger partial charge in [0.15, 0.2) is 11.6 Å². The van der Waals surface area contributed by atoms with Crippen molar-refractivity contribution in [2.24, 2.45) is 5.92 Å². The van der Waals surface area contributed by atoms with Crippen molar-refractivity contribution in [1.82, 2.24) is 9.97 Å².